The van der Waals surface area contributed by atoms with Gasteiger partial charge in [-0.2, -0.15) is 0 Å². The van der Waals surface area contributed by atoms with Crippen LogP contribution in [0.5, 0.6) is 0 Å². The second-order valence-electron chi connectivity index (χ2n) is 4.99. The van der Waals surface area contributed by atoms with E-state index in [9.17, 15) is 14.0 Å². The number of carbonyl (C=O) groups excluding carboxylic acids is 1. The summed E-state index contributed by atoms with van der Waals surface area (Å²) in [6.45, 7) is 0. The number of hydrogen-bond donors (Lipinski definition) is 1. The Morgan fingerprint density at radius 3 is 2.57 bits per heavy atom. The lowest BCUT2D eigenvalue weighted by atomic mass is 10.1. The molecule has 0 spiro atoms. The first-order valence-electron chi connectivity index (χ1n) is 6.86. The Morgan fingerprint density at radius 1 is 1.13 bits per heavy atom. The number of rotatable bonds is 3. The van der Waals surface area contributed by atoms with Gasteiger partial charge in [-0.25, -0.2) is 4.39 Å². The van der Waals surface area contributed by atoms with Crippen LogP contribution in [-0.2, 0) is 7.05 Å². The molecule has 116 valence electrons. The molecule has 23 heavy (non-hydrogen) atoms. The molecule has 0 unspecified atom stereocenters. The summed E-state index contributed by atoms with van der Waals surface area (Å²) in [5, 5.41) is 4.59. The molecule has 1 amide bonds. The van der Waals surface area contributed by atoms with Crippen molar-refractivity contribution in [3.05, 3.63) is 75.1 Å². The molecule has 1 N–H and O–H groups in total. The van der Waals surface area contributed by atoms with Gasteiger partial charge in [0.25, 0.3) is 5.91 Å². The highest BCUT2D eigenvalue weighted by molar-refractivity contribution is 7.12. The smallest absolute Gasteiger partial charge is 0.266 e. The third kappa shape index (κ3) is 3.22. The average Bonchev–Trinajstić information content (AvgIpc) is 3.01. The van der Waals surface area contributed by atoms with Gasteiger partial charge in [-0.1, -0.05) is 12.1 Å². The Hall–Kier alpha value is -2.73. The third-order valence-corrected chi connectivity index (χ3v) is 4.28. The molecular formula is C17H13FN2O2S. The highest BCUT2D eigenvalue weighted by atomic mass is 32.1. The lowest BCUT2D eigenvalue weighted by Gasteiger charge is -2.07. The molecule has 0 aliphatic rings. The molecule has 0 saturated heterocycles. The zero-order chi connectivity index (χ0) is 16.4. The molecule has 0 aliphatic carbocycles. The van der Waals surface area contributed by atoms with Crippen molar-refractivity contribution < 1.29 is 9.18 Å². The van der Waals surface area contributed by atoms with Crippen LogP contribution in [-0.4, -0.2) is 10.5 Å². The topological polar surface area (TPSA) is 51.1 Å². The SMILES string of the molecule is Cn1cc(NC(=O)c2sccc2-c2ccc(F)cc2)ccc1=O. The summed E-state index contributed by atoms with van der Waals surface area (Å²) in [5.74, 6) is -0.585. The minimum atomic E-state index is -0.319. The van der Waals surface area contributed by atoms with Gasteiger partial charge in [0.15, 0.2) is 0 Å². The summed E-state index contributed by atoms with van der Waals surface area (Å²) in [5.41, 5.74) is 1.91. The van der Waals surface area contributed by atoms with Gasteiger partial charge in [0.1, 0.15) is 5.82 Å². The van der Waals surface area contributed by atoms with Crippen molar-refractivity contribution >= 4 is 22.9 Å². The predicted octanol–water partition coefficient (Wildman–Crippen LogP) is 3.51. The zero-order valence-electron chi connectivity index (χ0n) is 12.2. The van der Waals surface area contributed by atoms with E-state index in [4.69, 9.17) is 0 Å². The molecule has 4 nitrogen and oxygen atoms in total. The number of anilines is 1. The van der Waals surface area contributed by atoms with Crippen LogP contribution in [0.2, 0.25) is 0 Å². The number of aryl methyl sites for hydroxylation is 1. The molecule has 0 aliphatic heterocycles. The summed E-state index contributed by atoms with van der Waals surface area (Å²) in [4.78, 5) is 24.4. The minimum absolute atomic E-state index is 0.147. The summed E-state index contributed by atoms with van der Waals surface area (Å²) >= 11 is 1.31. The molecule has 0 radical (unpaired) electrons. The highest BCUT2D eigenvalue weighted by Gasteiger charge is 2.15. The number of nitrogens with one attached hydrogen (secondary N) is 1. The van der Waals surface area contributed by atoms with Gasteiger partial charge >= 0.3 is 0 Å². The number of halogens is 1. The first kappa shape index (κ1) is 15.2. The van der Waals surface area contributed by atoms with E-state index in [2.05, 4.69) is 5.32 Å². The van der Waals surface area contributed by atoms with Crippen molar-refractivity contribution in [3.8, 4) is 11.1 Å². The van der Waals surface area contributed by atoms with Crippen LogP contribution in [0, 0.1) is 5.82 Å². The van der Waals surface area contributed by atoms with E-state index >= 15 is 0 Å². The second kappa shape index (κ2) is 6.18. The number of amides is 1. The zero-order valence-corrected chi connectivity index (χ0v) is 13.1. The Bertz CT molecular complexity index is 913. The fourth-order valence-corrected chi connectivity index (χ4v) is 3.01. The number of aromatic nitrogens is 1. The molecule has 3 rings (SSSR count). The van der Waals surface area contributed by atoms with E-state index in [1.54, 1.807) is 31.4 Å². The van der Waals surface area contributed by atoms with Crippen molar-refractivity contribution in [1.29, 1.82) is 0 Å². The van der Waals surface area contributed by atoms with Crippen molar-refractivity contribution in [2.45, 2.75) is 0 Å². The summed E-state index contributed by atoms with van der Waals surface area (Å²) < 4.78 is 14.4. The Labute approximate surface area is 135 Å². The van der Waals surface area contributed by atoms with E-state index < -0.39 is 0 Å². The van der Waals surface area contributed by atoms with Crippen LogP contribution in [0.3, 0.4) is 0 Å². The van der Waals surface area contributed by atoms with E-state index in [1.807, 2.05) is 11.4 Å². The minimum Gasteiger partial charge on any atom is -0.320 e. The number of thiophene rings is 1. The van der Waals surface area contributed by atoms with Gasteiger partial charge in [-0.3, -0.25) is 9.59 Å². The molecule has 0 fully saturated rings. The van der Waals surface area contributed by atoms with Gasteiger partial charge < -0.3 is 9.88 Å². The molecule has 0 bridgehead atoms. The Morgan fingerprint density at radius 2 is 1.87 bits per heavy atom. The standard InChI is InChI=1S/C17H13FN2O2S/c1-20-10-13(6-7-15(20)21)19-17(22)16-14(8-9-23-16)11-2-4-12(18)5-3-11/h2-10H,1H3,(H,19,22). The van der Waals surface area contributed by atoms with Crippen molar-refractivity contribution in [2.24, 2.45) is 7.05 Å². The number of pyridine rings is 1. The highest BCUT2D eigenvalue weighted by Crippen LogP contribution is 2.29. The number of carbonyl (C=O) groups is 1. The first-order valence-corrected chi connectivity index (χ1v) is 7.74. The molecular weight excluding hydrogens is 315 g/mol. The summed E-state index contributed by atoms with van der Waals surface area (Å²) in [7, 11) is 1.62. The molecule has 0 saturated carbocycles. The molecule has 1 aromatic carbocycles. The maximum absolute atomic E-state index is 13.0. The van der Waals surface area contributed by atoms with Crippen molar-refractivity contribution in [1.82, 2.24) is 4.57 Å². The van der Waals surface area contributed by atoms with Crippen LogP contribution < -0.4 is 10.9 Å². The largest absolute Gasteiger partial charge is 0.320 e. The van der Waals surface area contributed by atoms with Crippen LogP contribution >= 0.6 is 11.3 Å². The summed E-state index contributed by atoms with van der Waals surface area (Å²) in [6.07, 6.45) is 1.56. The number of nitrogens with zero attached hydrogens (tertiary/aromatic N) is 1. The van der Waals surface area contributed by atoms with Gasteiger partial charge in [0.05, 0.1) is 10.6 Å². The monoisotopic (exact) mass is 328 g/mol. The lowest BCUT2D eigenvalue weighted by Crippen LogP contribution is -2.17. The predicted molar refractivity (Wildman–Crippen MR) is 89.3 cm³/mol. The number of benzene rings is 1. The van der Waals surface area contributed by atoms with E-state index in [0.717, 1.165) is 11.1 Å². The molecule has 2 heterocycles. The van der Waals surface area contributed by atoms with Crippen molar-refractivity contribution in [3.63, 3.8) is 0 Å². The van der Waals surface area contributed by atoms with E-state index in [1.165, 1.54) is 34.1 Å². The van der Waals surface area contributed by atoms with E-state index in [-0.39, 0.29) is 17.3 Å². The van der Waals surface area contributed by atoms with Crippen LogP contribution in [0.4, 0.5) is 10.1 Å². The maximum Gasteiger partial charge on any atom is 0.266 e. The van der Waals surface area contributed by atoms with Gasteiger partial charge in [-0.15, -0.1) is 11.3 Å². The van der Waals surface area contributed by atoms with Crippen LogP contribution in [0.1, 0.15) is 9.67 Å². The van der Waals surface area contributed by atoms with Crippen molar-refractivity contribution in [2.75, 3.05) is 5.32 Å². The Balaban J connectivity index is 1.88. The summed E-state index contributed by atoms with van der Waals surface area (Å²) in [6, 6.07) is 10.8. The fraction of sp³-hybridized carbons (Fsp3) is 0.0588. The Kier molecular flexibility index (Phi) is 4.08. The fourth-order valence-electron chi connectivity index (χ4n) is 2.20. The second-order valence-corrected chi connectivity index (χ2v) is 5.91. The quantitative estimate of drug-likeness (QED) is 0.800. The van der Waals surface area contributed by atoms with E-state index in [0.29, 0.717) is 10.6 Å². The molecule has 6 heteroatoms. The van der Waals surface area contributed by atoms with Crippen LogP contribution in [0.25, 0.3) is 11.1 Å². The van der Waals surface area contributed by atoms with Crippen LogP contribution in [0.15, 0.2) is 58.8 Å². The molecule has 3 aromatic rings. The van der Waals surface area contributed by atoms with Gasteiger partial charge in [0, 0.05) is 24.9 Å². The maximum atomic E-state index is 13.0. The lowest BCUT2D eigenvalue weighted by molar-refractivity contribution is 0.103. The average molecular weight is 328 g/mol. The van der Waals surface area contributed by atoms with Gasteiger partial charge in [-0.05, 0) is 35.2 Å². The third-order valence-electron chi connectivity index (χ3n) is 3.37. The molecule has 0 atom stereocenters. The normalized spacial score (nSPS) is 10.5. The van der Waals surface area contributed by atoms with Gasteiger partial charge in [0.2, 0.25) is 5.56 Å². The first-order chi connectivity index (χ1) is 11.0. The molecule has 2 aromatic heterocycles. The number of hydrogen-bond acceptors (Lipinski definition) is 3.